The fourth-order valence-electron chi connectivity index (χ4n) is 2.07. The molecule has 2 aliphatic rings. The summed E-state index contributed by atoms with van der Waals surface area (Å²) in [5, 5.41) is 16.4. The molecule has 0 spiro atoms. The van der Waals surface area contributed by atoms with Gasteiger partial charge < -0.3 is 20.5 Å². The third-order valence-corrected chi connectivity index (χ3v) is 3.60. The summed E-state index contributed by atoms with van der Waals surface area (Å²) in [5.74, 6) is -1.56. The standard InChI is InChI=1S/C15H16N2O4/c18-13(8-1-2-8)16-11-5-10(15(20)21)6-12(7-11)17-14(19)9-3-4-9/h5-9H,1-4H2,(H,16,18)(H,17,19)(H,20,21)/p-1. The molecule has 0 heterocycles. The van der Waals surface area contributed by atoms with Crippen LogP contribution in [-0.2, 0) is 9.59 Å². The molecule has 0 aliphatic heterocycles. The Labute approximate surface area is 121 Å². The van der Waals surface area contributed by atoms with E-state index in [1.54, 1.807) is 6.07 Å². The van der Waals surface area contributed by atoms with E-state index in [2.05, 4.69) is 10.6 Å². The minimum Gasteiger partial charge on any atom is -0.545 e. The quantitative estimate of drug-likeness (QED) is 0.834. The highest BCUT2D eigenvalue weighted by molar-refractivity contribution is 5.99. The molecule has 0 saturated heterocycles. The van der Waals surface area contributed by atoms with E-state index >= 15 is 0 Å². The van der Waals surface area contributed by atoms with Gasteiger partial charge in [0.25, 0.3) is 0 Å². The van der Waals surface area contributed by atoms with Crippen molar-refractivity contribution >= 4 is 29.2 Å². The minimum absolute atomic E-state index is 0.0149. The number of carboxylic acid groups (broad SMARTS) is 1. The Morgan fingerprint density at radius 1 is 0.857 bits per heavy atom. The van der Waals surface area contributed by atoms with Crippen molar-refractivity contribution in [3.05, 3.63) is 23.8 Å². The lowest BCUT2D eigenvalue weighted by atomic mass is 10.1. The van der Waals surface area contributed by atoms with Crippen LogP contribution in [0.15, 0.2) is 18.2 Å². The Morgan fingerprint density at radius 2 is 1.29 bits per heavy atom. The molecule has 0 radical (unpaired) electrons. The third kappa shape index (κ3) is 3.39. The lowest BCUT2D eigenvalue weighted by Gasteiger charge is -2.12. The molecule has 21 heavy (non-hydrogen) atoms. The van der Waals surface area contributed by atoms with E-state index in [1.807, 2.05) is 0 Å². The zero-order valence-corrected chi connectivity index (χ0v) is 11.3. The molecule has 3 rings (SSSR count). The van der Waals surface area contributed by atoms with Gasteiger partial charge in [-0.25, -0.2) is 0 Å². The predicted octanol–water partition coefficient (Wildman–Crippen LogP) is 0.747. The van der Waals surface area contributed by atoms with Crippen molar-refractivity contribution in [1.29, 1.82) is 0 Å². The van der Waals surface area contributed by atoms with Crippen LogP contribution in [0, 0.1) is 11.8 Å². The number of anilines is 2. The maximum Gasteiger partial charge on any atom is 0.227 e. The number of amides is 2. The van der Waals surface area contributed by atoms with Gasteiger partial charge in [-0.15, -0.1) is 0 Å². The van der Waals surface area contributed by atoms with E-state index in [0.717, 1.165) is 25.7 Å². The van der Waals surface area contributed by atoms with Gasteiger partial charge in [0.2, 0.25) is 11.8 Å². The van der Waals surface area contributed by atoms with Crippen molar-refractivity contribution in [2.24, 2.45) is 11.8 Å². The molecule has 0 atom stereocenters. The maximum absolute atomic E-state index is 11.7. The SMILES string of the molecule is O=C([O-])c1cc(NC(=O)C2CC2)cc(NC(=O)C2CC2)c1. The van der Waals surface area contributed by atoms with Crippen molar-refractivity contribution < 1.29 is 19.5 Å². The molecule has 2 N–H and O–H groups in total. The summed E-state index contributed by atoms with van der Waals surface area (Å²) in [7, 11) is 0. The van der Waals surface area contributed by atoms with Crippen LogP contribution in [0.5, 0.6) is 0 Å². The van der Waals surface area contributed by atoms with Gasteiger partial charge in [-0.05, 0) is 43.9 Å². The van der Waals surface area contributed by atoms with Crippen molar-refractivity contribution in [3.8, 4) is 0 Å². The molecule has 6 heteroatoms. The van der Waals surface area contributed by atoms with Gasteiger partial charge in [-0.3, -0.25) is 9.59 Å². The van der Waals surface area contributed by atoms with E-state index < -0.39 is 5.97 Å². The number of carbonyl (C=O) groups is 3. The van der Waals surface area contributed by atoms with Crippen LogP contribution in [0.25, 0.3) is 0 Å². The first-order chi connectivity index (χ1) is 10.0. The van der Waals surface area contributed by atoms with Gasteiger partial charge in [0, 0.05) is 28.8 Å². The number of carboxylic acids is 1. The van der Waals surface area contributed by atoms with Crippen molar-refractivity contribution in [3.63, 3.8) is 0 Å². The van der Waals surface area contributed by atoms with Gasteiger partial charge in [0.15, 0.2) is 0 Å². The van der Waals surface area contributed by atoms with Gasteiger partial charge in [-0.2, -0.15) is 0 Å². The zero-order valence-electron chi connectivity index (χ0n) is 11.3. The van der Waals surface area contributed by atoms with Crippen LogP contribution >= 0.6 is 0 Å². The Hall–Kier alpha value is -2.37. The van der Waals surface area contributed by atoms with E-state index in [1.165, 1.54) is 12.1 Å². The van der Waals surface area contributed by atoms with E-state index in [9.17, 15) is 19.5 Å². The van der Waals surface area contributed by atoms with E-state index in [-0.39, 0.29) is 29.2 Å². The van der Waals surface area contributed by atoms with Crippen LogP contribution in [0.4, 0.5) is 11.4 Å². The molecule has 0 unspecified atom stereocenters. The molecular weight excluding hydrogens is 272 g/mol. The number of hydrogen-bond donors (Lipinski definition) is 2. The zero-order chi connectivity index (χ0) is 15.0. The summed E-state index contributed by atoms with van der Waals surface area (Å²) < 4.78 is 0. The molecular formula is C15H15N2O4-. The number of benzene rings is 1. The van der Waals surface area contributed by atoms with Crippen LogP contribution in [-0.4, -0.2) is 17.8 Å². The second-order valence-electron chi connectivity index (χ2n) is 5.61. The number of carbonyl (C=O) groups excluding carboxylic acids is 3. The molecule has 110 valence electrons. The Kier molecular flexibility index (Phi) is 3.37. The van der Waals surface area contributed by atoms with Gasteiger partial charge in [0.05, 0.1) is 5.97 Å². The minimum atomic E-state index is -1.35. The second-order valence-corrected chi connectivity index (χ2v) is 5.61. The number of nitrogens with one attached hydrogen (secondary N) is 2. The van der Waals surface area contributed by atoms with Crippen LogP contribution in [0.1, 0.15) is 36.0 Å². The highest BCUT2D eigenvalue weighted by atomic mass is 16.4. The monoisotopic (exact) mass is 287 g/mol. The highest BCUT2D eigenvalue weighted by Crippen LogP contribution is 2.32. The van der Waals surface area contributed by atoms with E-state index in [0.29, 0.717) is 11.4 Å². The first-order valence-corrected chi connectivity index (χ1v) is 7.01. The lowest BCUT2D eigenvalue weighted by Crippen LogP contribution is -2.23. The first-order valence-electron chi connectivity index (χ1n) is 7.01. The number of hydrogen-bond acceptors (Lipinski definition) is 4. The molecule has 2 amide bonds. The molecule has 1 aromatic rings. The molecule has 6 nitrogen and oxygen atoms in total. The van der Waals surface area contributed by atoms with Gasteiger partial charge in [0.1, 0.15) is 0 Å². The normalized spacial score (nSPS) is 17.1. The average Bonchev–Trinajstić information content (AvgIpc) is 3.30. The first kappa shape index (κ1) is 13.6. The Morgan fingerprint density at radius 3 is 1.62 bits per heavy atom. The van der Waals surface area contributed by atoms with Crippen molar-refractivity contribution in [1.82, 2.24) is 0 Å². The molecule has 0 bridgehead atoms. The summed E-state index contributed by atoms with van der Waals surface area (Å²) in [4.78, 5) is 34.5. The van der Waals surface area contributed by atoms with Crippen LogP contribution in [0.2, 0.25) is 0 Å². The Balaban J connectivity index is 1.80. The molecule has 2 saturated carbocycles. The summed E-state index contributed by atoms with van der Waals surface area (Å²) in [5.41, 5.74) is 0.647. The molecule has 1 aromatic carbocycles. The topological polar surface area (TPSA) is 98.3 Å². The van der Waals surface area contributed by atoms with Gasteiger partial charge in [-0.1, -0.05) is 0 Å². The largest absolute Gasteiger partial charge is 0.545 e. The van der Waals surface area contributed by atoms with Crippen molar-refractivity contribution in [2.45, 2.75) is 25.7 Å². The number of aromatic carboxylic acids is 1. The average molecular weight is 287 g/mol. The summed E-state index contributed by atoms with van der Waals surface area (Å²) in [6.07, 6.45) is 3.43. The van der Waals surface area contributed by atoms with Crippen molar-refractivity contribution in [2.75, 3.05) is 10.6 Å². The maximum atomic E-state index is 11.7. The molecule has 2 fully saturated rings. The molecule has 2 aliphatic carbocycles. The van der Waals surface area contributed by atoms with E-state index in [4.69, 9.17) is 0 Å². The summed E-state index contributed by atoms with van der Waals surface area (Å²) in [6, 6.07) is 4.23. The third-order valence-electron chi connectivity index (χ3n) is 3.60. The molecule has 0 aromatic heterocycles. The number of rotatable bonds is 5. The predicted molar refractivity (Wildman–Crippen MR) is 73.5 cm³/mol. The smallest absolute Gasteiger partial charge is 0.227 e. The van der Waals surface area contributed by atoms with Crippen LogP contribution < -0.4 is 15.7 Å². The lowest BCUT2D eigenvalue weighted by molar-refractivity contribution is -0.255. The fraction of sp³-hybridized carbons (Fsp3) is 0.400. The van der Waals surface area contributed by atoms with Gasteiger partial charge >= 0.3 is 0 Å². The summed E-state index contributed by atoms with van der Waals surface area (Å²) in [6.45, 7) is 0. The van der Waals surface area contributed by atoms with Crippen LogP contribution in [0.3, 0.4) is 0 Å². The summed E-state index contributed by atoms with van der Waals surface area (Å²) >= 11 is 0. The highest BCUT2D eigenvalue weighted by Gasteiger charge is 2.30. The fourth-order valence-corrected chi connectivity index (χ4v) is 2.07. The second kappa shape index (κ2) is 5.20. The Bertz CT molecular complexity index is 574.